The molecule has 0 bridgehead atoms. The molecule has 0 unspecified atom stereocenters. The summed E-state index contributed by atoms with van der Waals surface area (Å²) in [6, 6.07) is 3.89. The minimum atomic E-state index is -2.35. The Balaban J connectivity index is 2.94. The van der Waals surface area contributed by atoms with Crippen molar-refractivity contribution in [3.8, 4) is 0 Å². The van der Waals surface area contributed by atoms with Crippen molar-refractivity contribution >= 4 is 5.82 Å². The largest absolute Gasteiger partial charge is 0.354 e. The zero-order chi connectivity index (χ0) is 13.5. The van der Waals surface area contributed by atoms with Gasteiger partial charge in [0.25, 0.3) is 6.43 Å². The maximum Gasteiger partial charge on any atom is 0.255 e. The van der Waals surface area contributed by atoms with Crippen molar-refractivity contribution in [2.24, 2.45) is 0 Å². The van der Waals surface area contributed by atoms with Crippen molar-refractivity contribution in [2.45, 2.75) is 32.7 Å². The molecule has 0 aliphatic heterocycles. The van der Waals surface area contributed by atoms with Crippen LogP contribution >= 0.6 is 0 Å². The number of hydrogen-bond donors (Lipinski definition) is 1. The highest BCUT2D eigenvalue weighted by atomic mass is 19.3. The van der Waals surface area contributed by atoms with Crippen LogP contribution < -0.4 is 10.2 Å². The average Bonchev–Trinajstić information content (AvgIpc) is 2.28. The first-order valence-electron chi connectivity index (χ1n) is 6.20. The number of nitrogens with one attached hydrogen (secondary N) is 1. The van der Waals surface area contributed by atoms with E-state index in [-0.39, 0.29) is 6.54 Å². The molecule has 0 saturated carbocycles. The van der Waals surface area contributed by atoms with Crippen LogP contribution in [-0.2, 0) is 13.0 Å². The van der Waals surface area contributed by atoms with E-state index in [1.54, 1.807) is 7.05 Å². The highest BCUT2D eigenvalue weighted by Gasteiger charge is 2.11. The fraction of sp³-hybridized carbons (Fsp3) is 0.615. The van der Waals surface area contributed by atoms with Gasteiger partial charge in [-0.1, -0.05) is 13.3 Å². The molecule has 18 heavy (non-hydrogen) atoms. The molecule has 1 aromatic rings. The van der Waals surface area contributed by atoms with Crippen molar-refractivity contribution in [3.63, 3.8) is 0 Å². The first kappa shape index (κ1) is 14.8. The third-order valence-electron chi connectivity index (χ3n) is 2.61. The number of nitrogens with zero attached hydrogens (tertiary/aromatic N) is 2. The molecule has 1 heterocycles. The Hall–Kier alpha value is -1.23. The van der Waals surface area contributed by atoms with Crippen molar-refractivity contribution in [1.29, 1.82) is 0 Å². The zero-order valence-electron chi connectivity index (χ0n) is 11.2. The Morgan fingerprint density at radius 3 is 2.67 bits per heavy atom. The number of halogens is 2. The fourth-order valence-electron chi connectivity index (χ4n) is 1.82. The van der Waals surface area contributed by atoms with Crippen molar-refractivity contribution in [2.75, 3.05) is 25.5 Å². The number of aryl methyl sites for hydroxylation is 1. The van der Waals surface area contributed by atoms with E-state index in [4.69, 9.17) is 0 Å². The van der Waals surface area contributed by atoms with Crippen LogP contribution in [0, 0.1) is 0 Å². The SMILES string of the molecule is CCCc1cc(CNC)cc(N(C)CC(F)F)n1. The summed E-state index contributed by atoms with van der Waals surface area (Å²) in [7, 11) is 3.51. The molecule has 1 aromatic heterocycles. The third kappa shape index (κ3) is 4.56. The molecule has 0 atom stereocenters. The van der Waals surface area contributed by atoms with Crippen molar-refractivity contribution in [3.05, 3.63) is 23.4 Å². The second-order valence-corrected chi connectivity index (χ2v) is 4.38. The van der Waals surface area contributed by atoms with E-state index in [0.29, 0.717) is 5.82 Å². The molecule has 0 amide bonds. The summed E-state index contributed by atoms with van der Waals surface area (Å²) in [4.78, 5) is 5.93. The van der Waals surface area contributed by atoms with Crippen LogP contribution in [-0.4, -0.2) is 32.0 Å². The molecule has 1 rings (SSSR count). The molecule has 0 spiro atoms. The highest BCUT2D eigenvalue weighted by molar-refractivity contribution is 5.42. The summed E-state index contributed by atoms with van der Waals surface area (Å²) in [6.45, 7) is 2.51. The molecule has 0 aliphatic carbocycles. The van der Waals surface area contributed by atoms with E-state index in [1.165, 1.54) is 4.90 Å². The molecule has 3 nitrogen and oxygen atoms in total. The van der Waals surface area contributed by atoms with Gasteiger partial charge in [-0.25, -0.2) is 13.8 Å². The lowest BCUT2D eigenvalue weighted by Gasteiger charge is -2.19. The van der Waals surface area contributed by atoms with E-state index in [0.717, 1.165) is 30.6 Å². The van der Waals surface area contributed by atoms with Crippen LogP contribution in [0.1, 0.15) is 24.6 Å². The number of anilines is 1. The van der Waals surface area contributed by atoms with Crippen LogP contribution in [0.4, 0.5) is 14.6 Å². The van der Waals surface area contributed by atoms with Gasteiger partial charge < -0.3 is 10.2 Å². The van der Waals surface area contributed by atoms with Gasteiger partial charge in [0.1, 0.15) is 5.82 Å². The van der Waals surface area contributed by atoms with E-state index in [1.807, 2.05) is 19.2 Å². The van der Waals surface area contributed by atoms with E-state index in [9.17, 15) is 8.78 Å². The molecule has 0 saturated heterocycles. The van der Waals surface area contributed by atoms with Crippen LogP contribution in [0.25, 0.3) is 0 Å². The molecular formula is C13H21F2N3. The Bertz CT molecular complexity index is 345. The standard InChI is InChI=1S/C13H21F2N3/c1-4-5-11-6-10(8-16-2)7-13(17-11)18(3)9-12(14)15/h6-7,12,16H,4-5,8-9H2,1-3H3. The summed E-state index contributed by atoms with van der Waals surface area (Å²) in [5.41, 5.74) is 2.04. The van der Waals surface area contributed by atoms with Gasteiger partial charge in [-0.05, 0) is 31.2 Å². The smallest absolute Gasteiger partial charge is 0.255 e. The van der Waals surface area contributed by atoms with Gasteiger partial charge in [0.15, 0.2) is 0 Å². The maximum absolute atomic E-state index is 12.4. The van der Waals surface area contributed by atoms with Crippen LogP contribution in [0.3, 0.4) is 0 Å². The van der Waals surface area contributed by atoms with Crippen LogP contribution in [0.15, 0.2) is 12.1 Å². The van der Waals surface area contributed by atoms with Gasteiger partial charge in [0.05, 0.1) is 6.54 Å². The van der Waals surface area contributed by atoms with Gasteiger partial charge in [-0.3, -0.25) is 0 Å². The average molecular weight is 257 g/mol. The van der Waals surface area contributed by atoms with Gasteiger partial charge in [0.2, 0.25) is 0 Å². The Kier molecular flexibility index (Phi) is 5.98. The van der Waals surface area contributed by atoms with E-state index >= 15 is 0 Å². The van der Waals surface area contributed by atoms with Crippen LogP contribution in [0.5, 0.6) is 0 Å². The van der Waals surface area contributed by atoms with Gasteiger partial charge in [0, 0.05) is 19.3 Å². The second kappa shape index (κ2) is 7.26. The lowest BCUT2D eigenvalue weighted by atomic mass is 10.1. The number of rotatable bonds is 7. The van der Waals surface area contributed by atoms with Crippen molar-refractivity contribution in [1.82, 2.24) is 10.3 Å². The predicted octanol–water partition coefficient (Wildman–Crippen LogP) is 2.45. The summed E-state index contributed by atoms with van der Waals surface area (Å²) < 4.78 is 24.8. The molecular weight excluding hydrogens is 236 g/mol. The fourth-order valence-corrected chi connectivity index (χ4v) is 1.82. The molecule has 0 aliphatic rings. The Morgan fingerprint density at radius 2 is 2.11 bits per heavy atom. The third-order valence-corrected chi connectivity index (χ3v) is 2.61. The number of hydrogen-bond acceptors (Lipinski definition) is 3. The van der Waals surface area contributed by atoms with Crippen molar-refractivity contribution < 1.29 is 8.78 Å². The zero-order valence-corrected chi connectivity index (χ0v) is 11.2. The number of alkyl halides is 2. The minimum Gasteiger partial charge on any atom is -0.354 e. The van der Waals surface area contributed by atoms with Gasteiger partial charge >= 0.3 is 0 Å². The summed E-state index contributed by atoms with van der Waals surface area (Å²) in [5, 5.41) is 3.07. The topological polar surface area (TPSA) is 28.2 Å². The Labute approximate surface area is 107 Å². The maximum atomic E-state index is 12.4. The molecule has 1 N–H and O–H groups in total. The summed E-state index contributed by atoms with van der Waals surface area (Å²) >= 11 is 0. The van der Waals surface area contributed by atoms with Gasteiger partial charge in [-0.2, -0.15) is 0 Å². The minimum absolute atomic E-state index is 0.290. The van der Waals surface area contributed by atoms with Gasteiger partial charge in [-0.15, -0.1) is 0 Å². The number of pyridine rings is 1. The highest BCUT2D eigenvalue weighted by Crippen LogP contribution is 2.16. The lowest BCUT2D eigenvalue weighted by Crippen LogP contribution is -2.25. The molecule has 0 aromatic carbocycles. The lowest BCUT2D eigenvalue weighted by molar-refractivity contribution is 0.156. The summed E-state index contributed by atoms with van der Waals surface area (Å²) in [6.07, 6.45) is -0.486. The molecule has 0 fully saturated rings. The normalized spacial score (nSPS) is 11.0. The number of aromatic nitrogens is 1. The van der Waals surface area contributed by atoms with Crippen LogP contribution in [0.2, 0.25) is 0 Å². The monoisotopic (exact) mass is 257 g/mol. The first-order valence-corrected chi connectivity index (χ1v) is 6.20. The quantitative estimate of drug-likeness (QED) is 0.813. The molecule has 5 heteroatoms. The van der Waals surface area contributed by atoms with E-state index < -0.39 is 6.43 Å². The van der Waals surface area contributed by atoms with E-state index in [2.05, 4.69) is 17.2 Å². The molecule has 0 radical (unpaired) electrons. The second-order valence-electron chi connectivity index (χ2n) is 4.38. The first-order chi connectivity index (χ1) is 8.56. The Morgan fingerprint density at radius 1 is 1.39 bits per heavy atom. The predicted molar refractivity (Wildman–Crippen MR) is 70.3 cm³/mol. The molecule has 102 valence electrons. The summed E-state index contributed by atoms with van der Waals surface area (Å²) in [5.74, 6) is 0.617.